The molecular formula is C18H16O6. The lowest BCUT2D eigenvalue weighted by molar-refractivity contribution is 0.339. The average molecular weight is 328 g/mol. The minimum Gasteiger partial charge on any atom is -0.502 e. The maximum absolute atomic E-state index is 12.8. The number of phenolic OH excluding ortho intramolecular Hbond substituents is 1. The Bertz CT molecular complexity index is 940. The molecule has 0 unspecified atom stereocenters. The van der Waals surface area contributed by atoms with Gasteiger partial charge in [-0.2, -0.15) is 0 Å². The SMILES string of the molecule is COc1ccc(-c2coc3c(OC)c(O)c(OC)cc3c2=O)cc1. The summed E-state index contributed by atoms with van der Waals surface area (Å²) in [6.07, 6.45) is 1.35. The molecular weight excluding hydrogens is 312 g/mol. The number of fused-ring (bicyclic) bond motifs is 1. The van der Waals surface area contributed by atoms with Gasteiger partial charge in [0.1, 0.15) is 12.0 Å². The van der Waals surface area contributed by atoms with Crippen molar-refractivity contribution < 1.29 is 23.7 Å². The highest BCUT2D eigenvalue weighted by Crippen LogP contribution is 2.42. The molecule has 0 aliphatic carbocycles. The Morgan fingerprint density at radius 1 is 1.00 bits per heavy atom. The lowest BCUT2D eigenvalue weighted by Crippen LogP contribution is -2.06. The molecule has 24 heavy (non-hydrogen) atoms. The number of hydrogen-bond donors (Lipinski definition) is 1. The van der Waals surface area contributed by atoms with Gasteiger partial charge < -0.3 is 23.7 Å². The monoisotopic (exact) mass is 328 g/mol. The van der Waals surface area contributed by atoms with Crippen molar-refractivity contribution in [1.82, 2.24) is 0 Å². The molecule has 0 bridgehead atoms. The van der Waals surface area contributed by atoms with E-state index in [9.17, 15) is 9.90 Å². The summed E-state index contributed by atoms with van der Waals surface area (Å²) >= 11 is 0. The minimum atomic E-state index is -0.252. The number of phenols is 1. The fraction of sp³-hybridized carbons (Fsp3) is 0.167. The fourth-order valence-electron chi connectivity index (χ4n) is 2.52. The highest BCUT2D eigenvalue weighted by Gasteiger charge is 2.19. The Morgan fingerprint density at radius 2 is 1.71 bits per heavy atom. The van der Waals surface area contributed by atoms with Gasteiger partial charge in [0, 0.05) is 0 Å². The molecule has 0 aliphatic rings. The van der Waals surface area contributed by atoms with Crippen LogP contribution in [0, 0.1) is 0 Å². The first-order valence-electron chi connectivity index (χ1n) is 7.14. The van der Waals surface area contributed by atoms with Gasteiger partial charge in [0.05, 0.1) is 32.3 Å². The van der Waals surface area contributed by atoms with Gasteiger partial charge in [0.2, 0.25) is 16.9 Å². The Kier molecular flexibility index (Phi) is 4.04. The first-order valence-corrected chi connectivity index (χ1v) is 7.14. The van der Waals surface area contributed by atoms with E-state index < -0.39 is 0 Å². The number of benzene rings is 2. The predicted octanol–water partition coefficient (Wildman–Crippen LogP) is 3.19. The molecule has 124 valence electrons. The van der Waals surface area contributed by atoms with Gasteiger partial charge in [-0.15, -0.1) is 0 Å². The van der Waals surface area contributed by atoms with E-state index in [1.54, 1.807) is 31.4 Å². The molecule has 0 spiro atoms. The van der Waals surface area contributed by atoms with Crippen molar-refractivity contribution in [3.8, 4) is 34.1 Å². The van der Waals surface area contributed by atoms with Crippen LogP contribution in [0.2, 0.25) is 0 Å². The van der Waals surface area contributed by atoms with E-state index in [2.05, 4.69) is 0 Å². The predicted molar refractivity (Wildman–Crippen MR) is 89.2 cm³/mol. The zero-order valence-corrected chi connectivity index (χ0v) is 13.5. The fourth-order valence-corrected chi connectivity index (χ4v) is 2.52. The molecule has 1 aromatic heterocycles. The van der Waals surface area contributed by atoms with Gasteiger partial charge in [-0.25, -0.2) is 0 Å². The summed E-state index contributed by atoms with van der Waals surface area (Å²) in [5, 5.41) is 10.4. The van der Waals surface area contributed by atoms with Crippen molar-refractivity contribution in [2.75, 3.05) is 21.3 Å². The Morgan fingerprint density at radius 3 is 2.29 bits per heavy atom. The van der Waals surface area contributed by atoms with Crippen LogP contribution in [0.5, 0.6) is 23.0 Å². The molecule has 0 aliphatic heterocycles. The zero-order valence-electron chi connectivity index (χ0n) is 13.5. The van der Waals surface area contributed by atoms with Crippen LogP contribution in [0.25, 0.3) is 22.1 Å². The van der Waals surface area contributed by atoms with E-state index in [1.165, 1.54) is 26.5 Å². The summed E-state index contributed by atoms with van der Waals surface area (Å²) in [5.41, 5.74) is 0.994. The van der Waals surface area contributed by atoms with Crippen LogP contribution in [0.4, 0.5) is 0 Å². The van der Waals surface area contributed by atoms with Crippen molar-refractivity contribution in [1.29, 1.82) is 0 Å². The Balaban J connectivity index is 2.27. The third-order valence-corrected chi connectivity index (χ3v) is 3.78. The van der Waals surface area contributed by atoms with Crippen LogP contribution in [0.3, 0.4) is 0 Å². The lowest BCUT2D eigenvalue weighted by atomic mass is 10.0. The second kappa shape index (κ2) is 6.16. The van der Waals surface area contributed by atoms with E-state index >= 15 is 0 Å². The first kappa shape index (κ1) is 15.7. The summed E-state index contributed by atoms with van der Waals surface area (Å²) in [5.74, 6) is 0.672. The number of ether oxygens (including phenoxy) is 3. The number of rotatable bonds is 4. The summed E-state index contributed by atoms with van der Waals surface area (Å²) in [6.45, 7) is 0. The maximum atomic E-state index is 12.8. The summed E-state index contributed by atoms with van der Waals surface area (Å²) in [7, 11) is 4.35. The highest BCUT2D eigenvalue weighted by molar-refractivity contribution is 5.90. The van der Waals surface area contributed by atoms with Crippen LogP contribution in [0.15, 0.2) is 45.8 Å². The first-order chi connectivity index (χ1) is 11.6. The quantitative estimate of drug-likeness (QED) is 0.792. The van der Waals surface area contributed by atoms with Crippen molar-refractivity contribution in [3.63, 3.8) is 0 Å². The molecule has 0 atom stereocenters. The number of aromatic hydroxyl groups is 1. The van der Waals surface area contributed by atoms with Gasteiger partial charge in [-0.1, -0.05) is 12.1 Å². The largest absolute Gasteiger partial charge is 0.502 e. The second-order valence-electron chi connectivity index (χ2n) is 5.04. The van der Waals surface area contributed by atoms with Gasteiger partial charge in [-0.3, -0.25) is 4.79 Å². The van der Waals surface area contributed by atoms with Crippen LogP contribution >= 0.6 is 0 Å². The molecule has 0 fully saturated rings. The third-order valence-electron chi connectivity index (χ3n) is 3.78. The number of hydrogen-bond acceptors (Lipinski definition) is 6. The van der Waals surface area contributed by atoms with Gasteiger partial charge in [0.25, 0.3) is 0 Å². The lowest BCUT2D eigenvalue weighted by Gasteiger charge is -2.11. The van der Waals surface area contributed by atoms with Crippen molar-refractivity contribution in [2.45, 2.75) is 0 Å². The third kappa shape index (κ3) is 2.42. The molecule has 2 aromatic carbocycles. The minimum absolute atomic E-state index is 0.0581. The van der Waals surface area contributed by atoms with Crippen LogP contribution in [0.1, 0.15) is 0 Å². The van der Waals surface area contributed by atoms with Crippen LogP contribution in [-0.2, 0) is 0 Å². The zero-order chi connectivity index (χ0) is 17.3. The summed E-state index contributed by atoms with van der Waals surface area (Å²) < 4.78 is 20.9. The molecule has 1 heterocycles. The van der Waals surface area contributed by atoms with Gasteiger partial charge in [-0.05, 0) is 23.8 Å². The van der Waals surface area contributed by atoms with Crippen LogP contribution in [-0.4, -0.2) is 26.4 Å². The molecule has 0 saturated heterocycles. The Labute approximate surface area is 137 Å². The van der Waals surface area contributed by atoms with E-state index in [0.29, 0.717) is 16.9 Å². The molecule has 1 N–H and O–H groups in total. The average Bonchev–Trinajstić information content (AvgIpc) is 2.62. The molecule has 3 rings (SSSR count). The molecule has 0 radical (unpaired) electrons. The summed E-state index contributed by atoms with van der Waals surface area (Å²) in [4.78, 5) is 12.8. The molecule has 6 nitrogen and oxygen atoms in total. The normalized spacial score (nSPS) is 10.6. The molecule has 6 heteroatoms. The maximum Gasteiger partial charge on any atom is 0.208 e. The Hall–Kier alpha value is -3.15. The smallest absolute Gasteiger partial charge is 0.208 e. The standard InChI is InChI=1S/C18H16O6/c1-21-11-6-4-10(5-7-11)13-9-24-17-12(15(13)19)8-14(22-2)16(20)18(17)23-3/h4-9,20H,1-3H3. The van der Waals surface area contributed by atoms with E-state index in [0.717, 1.165) is 0 Å². The summed E-state index contributed by atoms with van der Waals surface area (Å²) in [6, 6.07) is 8.50. The molecule has 0 saturated carbocycles. The molecule has 0 amide bonds. The number of methoxy groups -OCH3 is 3. The van der Waals surface area contributed by atoms with Crippen LogP contribution < -0.4 is 19.6 Å². The van der Waals surface area contributed by atoms with E-state index in [4.69, 9.17) is 18.6 Å². The second-order valence-corrected chi connectivity index (χ2v) is 5.04. The topological polar surface area (TPSA) is 78.1 Å². The van der Waals surface area contributed by atoms with Gasteiger partial charge >= 0.3 is 0 Å². The molecule has 3 aromatic rings. The van der Waals surface area contributed by atoms with E-state index in [-0.39, 0.29) is 33.6 Å². The van der Waals surface area contributed by atoms with Crippen molar-refractivity contribution in [2.24, 2.45) is 0 Å². The highest BCUT2D eigenvalue weighted by atomic mass is 16.5. The van der Waals surface area contributed by atoms with Crippen molar-refractivity contribution >= 4 is 11.0 Å². The van der Waals surface area contributed by atoms with Crippen molar-refractivity contribution in [3.05, 3.63) is 46.8 Å². The van der Waals surface area contributed by atoms with E-state index in [1.807, 2.05) is 0 Å². The van der Waals surface area contributed by atoms with Gasteiger partial charge in [0.15, 0.2) is 11.3 Å².